The van der Waals surface area contributed by atoms with Gasteiger partial charge in [0.05, 0.1) is 24.0 Å². The van der Waals surface area contributed by atoms with E-state index in [1.807, 2.05) is 12.1 Å². The number of nitrogens with two attached hydrogens (primary N) is 1. The average Bonchev–Trinajstić information content (AvgIpc) is 3.37. The largest absolute Gasteiger partial charge is 0.399 e. The highest BCUT2D eigenvalue weighted by molar-refractivity contribution is 5.94. The van der Waals surface area contributed by atoms with Gasteiger partial charge in [0.2, 0.25) is 5.91 Å². The average molecular weight is 487 g/mol. The van der Waals surface area contributed by atoms with E-state index in [2.05, 4.69) is 4.98 Å². The smallest absolute Gasteiger partial charge is 0.232 e. The van der Waals surface area contributed by atoms with Crippen molar-refractivity contribution in [3.05, 3.63) is 70.6 Å². The van der Waals surface area contributed by atoms with Crippen LogP contribution in [-0.4, -0.2) is 22.9 Å². The summed E-state index contributed by atoms with van der Waals surface area (Å²) in [5.41, 5.74) is 7.46. The third kappa shape index (κ3) is 4.99. The van der Waals surface area contributed by atoms with Gasteiger partial charge in [0.25, 0.3) is 0 Å². The summed E-state index contributed by atoms with van der Waals surface area (Å²) in [6, 6.07) is 7.18. The molecule has 0 radical (unpaired) electrons. The molecule has 0 unspecified atom stereocenters. The monoisotopic (exact) mass is 486 g/mol. The van der Waals surface area contributed by atoms with Gasteiger partial charge in [-0.2, -0.15) is 0 Å². The third-order valence-corrected chi connectivity index (χ3v) is 6.63. The Kier molecular flexibility index (Phi) is 7.05. The zero-order chi connectivity index (χ0) is 25.3. The fourth-order valence-electron chi connectivity index (χ4n) is 4.50. The second-order valence-electron chi connectivity index (χ2n) is 8.99. The third-order valence-electron chi connectivity index (χ3n) is 6.63. The molecule has 0 aliphatic heterocycles. The van der Waals surface area contributed by atoms with Crippen LogP contribution < -0.4 is 10.6 Å². The van der Waals surface area contributed by atoms with Crippen LogP contribution in [0.2, 0.25) is 0 Å². The Morgan fingerprint density at radius 2 is 1.66 bits per heavy atom. The normalized spacial score (nSPS) is 13.9. The number of carbonyl (C=O) groups excluding carboxylic acids is 1. The second kappa shape index (κ2) is 10.0. The van der Waals surface area contributed by atoms with Crippen molar-refractivity contribution in [1.82, 2.24) is 9.97 Å². The second-order valence-corrected chi connectivity index (χ2v) is 8.99. The first-order valence-corrected chi connectivity index (χ1v) is 11.5. The van der Waals surface area contributed by atoms with Crippen LogP contribution in [0.3, 0.4) is 0 Å². The van der Waals surface area contributed by atoms with Gasteiger partial charge < -0.3 is 5.73 Å². The molecule has 35 heavy (non-hydrogen) atoms. The standard InChI is InChI=1S/C26H26F4N4O/c1-14-18(23(28)25(30)24(29)22(14)27)12-21(35)34(2)26-19(11-15-5-3-4-6-15)33-20(13-32-26)16-7-9-17(31)10-8-16/h7-10,13,15H,3-6,11-12,31H2,1-2H3. The van der Waals surface area contributed by atoms with E-state index in [4.69, 9.17) is 10.7 Å². The summed E-state index contributed by atoms with van der Waals surface area (Å²) in [5, 5.41) is 0. The molecule has 1 fully saturated rings. The highest BCUT2D eigenvalue weighted by atomic mass is 19.2. The number of nitrogen functional groups attached to an aromatic ring is 1. The quantitative estimate of drug-likeness (QED) is 0.215. The number of anilines is 2. The molecular formula is C26H26F4N4O. The van der Waals surface area contributed by atoms with Crippen molar-refractivity contribution in [3.8, 4) is 11.3 Å². The molecule has 184 valence electrons. The van der Waals surface area contributed by atoms with Crippen LogP contribution in [0.1, 0.15) is 42.5 Å². The Balaban J connectivity index is 1.67. The molecule has 1 aliphatic carbocycles. The molecule has 1 aromatic heterocycles. The van der Waals surface area contributed by atoms with Crippen molar-refractivity contribution in [2.24, 2.45) is 5.92 Å². The molecule has 0 bridgehead atoms. The lowest BCUT2D eigenvalue weighted by molar-refractivity contribution is -0.117. The van der Waals surface area contributed by atoms with Crippen molar-refractivity contribution >= 4 is 17.4 Å². The number of carbonyl (C=O) groups is 1. The maximum Gasteiger partial charge on any atom is 0.232 e. The van der Waals surface area contributed by atoms with Crippen LogP contribution in [0.5, 0.6) is 0 Å². The topological polar surface area (TPSA) is 72.1 Å². The van der Waals surface area contributed by atoms with E-state index in [-0.39, 0.29) is 0 Å². The molecule has 1 aliphatic rings. The zero-order valence-corrected chi connectivity index (χ0v) is 19.5. The predicted octanol–water partition coefficient (Wildman–Crippen LogP) is 5.53. The van der Waals surface area contributed by atoms with Crippen molar-refractivity contribution < 1.29 is 22.4 Å². The van der Waals surface area contributed by atoms with Crippen molar-refractivity contribution in [2.75, 3.05) is 17.7 Å². The summed E-state index contributed by atoms with van der Waals surface area (Å²) in [4.78, 5) is 23.5. The Morgan fingerprint density at radius 1 is 1.03 bits per heavy atom. The number of hydrogen-bond acceptors (Lipinski definition) is 4. The molecule has 2 aromatic carbocycles. The number of hydrogen-bond donors (Lipinski definition) is 1. The Morgan fingerprint density at radius 3 is 2.31 bits per heavy atom. The molecule has 1 saturated carbocycles. The van der Waals surface area contributed by atoms with E-state index >= 15 is 0 Å². The molecule has 5 nitrogen and oxygen atoms in total. The van der Waals surface area contributed by atoms with Crippen molar-refractivity contribution in [2.45, 2.75) is 45.4 Å². The molecule has 0 spiro atoms. The minimum Gasteiger partial charge on any atom is -0.399 e. The van der Waals surface area contributed by atoms with Crippen LogP contribution in [0.25, 0.3) is 11.3 Å². The first-order chi connectivity index (χ1) is 16.7. The van der Waals surface area contributed by atoms with Crippen molar-refractivity contribution in [1.29, 1.82) is 0 Å². The molecule has 3 aromatic rings. The van der Waals surface area contributed by atoms with Crippen LogP contribution in [0, 0.1) is 36.1 Å². The Labute approximate surface area is 201 Å². The van der Waals surface area contributed by atoms with Gasteiger partial charge in [-0.25, -0.2) is 27.5 Å². The molecule has 1 amide bonds. The molecular weight excluding hydrogens is 460 g/mol. The molecule has 1 heterocycles. The van der Waals surface area contributed by atoms with E-state index in [0.29, 0.717) is 35.2 Å². The number of benzene rings is 2. The van der Waals surface area contributed by atoms with Crippen LogP contribution >= 0.6 is 0 Å². The molecule has 4 rings (SSSR count). The highest BCUT2D eigenvalue weighted by Crippen LogP contribution is 2.32. The maximum atomic E-state index is 14.4. The van der Waals surface area contributed by atoms with E-state index < -0.39 is 46.7 Å². The van der Waals surface area contributed by atoms with Crippen LogP contribution in [-0.2, 0) is 17.6 Å². The van der Waals surface area contributed by atoms with E-state index in [0.717, 1.165) is 38.2 Å². The van der Waals surface area contributed by atoms with Crippen LogP contribution in [0.15, 0.2) is 30.5 Å². The Hall–Kier alpha value is -3.49. The number of likely N-dealkylation sites (N-methyl/N-ethyl adjacent to an activating group) is 1. The first kappa shape index (κ1) is 24.6. The lowest BCUT2D eigenvalue weighted by atomic mass is 10.0. The maximum absolute atomic E-state index is 14.4. The van der Waals surface area contributed by atoms with Gasteiger partial charge in [0.15, 0.2) is 29.1 Å². The van der Waals surface area contributed by atoms with Gasteiger partial charge in [-0.15, -0.1) is 0 Å². The van der Waals surface area contributed by atoms with Crippen LogP contribution in [0.4, 0.5) is 29.1 Å². The predicted molar refractivity (Wildman–Crippen MR) is 126 cm³/mol. The van der Waals surface area contributed by atoms with Gasteiger partial charge in [-0.1, -0.05) is 37.8 Å². The van der Waals surface area contributed by atoms with E-state index in [1.54, 1.807) is 12.1 Å². The minimum absolute atomic E-state index is 0.294. The number of amides is 1. The Bertz CT molecular complexity index is 1230. The number of rotatable bonds is 6. The molecule has 0 saturated heterocycles. The summed E-state index contributed by atoms with van der Waals surface area (Å²) in [7, 11) is 1.46. The fourth-order valence-corrected chi connectivity index (χ4v) is 4.50. The number of nitrogens with zero attached hydrogens (tertiary/aromatic N) is 3. The molecule has 2 N–H and O–H groups in total. The first-order valence-electron chi connectivity index (χ1n) is 11.5. The van der Waals surface area contributed by atoms with E-state index in [9.17, 15) is 22.4 Å². The minimum atomic E-state index is -1.94. The lowest BCUT2D eigenvalue weighted by Gasteiger charge is -2.22. The summed E-state index contributed by atoms with van der Waals surface area (Å²) < 4.78 is 55.7. The molecule has 9 heteroatoms. The fraction of sp³-hybridized carbons (Fsp3) is 0.346. The summed E-state index contributed by atoms with van der Waals surface area (Å²) in [6.45, 7) is 1.11. The lowest BCUT2D eigenvalue weighted by Crippen LogP contribution is -2.31. The summed E-state index contributed by atoms with van der Waals surface area (Å²) in [5.74, 6) is -6.88. The number of aromatic nitrogens is 2. The van der Waals surface area contributed by atoms with Crippen molar-refractivity contribution in [3.63, 3.8) is 0 Å². The van der Waals surface area contributed by atoms with Gasteiger partial charge >= 0.3 is 0 Å². The summed E-state index contributed by atoms with van der Waals surface area (Å²) >= 11 is 0. The zero-order valence-electron chi connectivity index (χ0n) is 19.5. The van der Waals surface area contributed by atoms with Gasteiger partial charge in [0.1, 0.15) is 0 Å². The molecule has 0 atom stereocenters. The number of halogens is 4. The van der Waals surface area contributed by atoms with Gasteiger partial charge in [0, 0.05) is 23.9 Å². The van der Waals surface area contributed by atoms with Gasteiger partial charge in [-0.3, -0.25) is 9.69 Å². The highest BCUT2D eigenvalue weighted by Gasteiger charge is 2.27. The summed E-state index contributed by atoms with van der Waals surface area (Å²) in [6.07, 6.45) is 5.82. The SMILES string of the molecule is Cc1c(F)c(F)c(F)c(F)c1CC(=O)N(C)c1ncc(-c2ccc(N)cc2)nc1CC1CCCC1. The van der Waals surface area contributed by atoms with Gasteiger partial charge in [-0.05, 0) is 37.0 Å². The van der Waals surface area contributed by atoms with E-state index in [1.165, 1.54) is 18.1 Å².